The van der Waals surface area contributed by atoms with E-state index in [1.54, 1.807) is 12.3 Å². The first-order chi connectivity index (χ1) is 11.1. The van der Waals surface area contributed by atoms with Gasteiger partial charge in [-0.1, -0.05) is 13.0 Å². The second kappa shape index (κ2) is 6.04. The number of rotatable bonds is 3. The third-order valence-corrected chi connectivity index (χ3v) is 3.64. The van der Waals surface area contributed by atoms with Crippen LogP contribution in [0.25, 0.3) is 10.9 Å². The molecule has 0 aliphatic rings. The Labute approximate surface area is 133 Å². The molecule has 2 aromatic heterocycles. The number of hydrogen-bond donors (Lipinski definition) is 2. The summed E-state index contributed by atoms with van der Waals surface area (Å²) < 4.78 is 0. The van der Waals surface area contributed by atoms with Crippen molar-refractivity contribution in [3.63, 3.8) is 0 Å². The van der Waals surface area contributed by atoms with Crippen LogP contribution in [0.4, 0.5) is 5.69 Å². The van der Waals surface area contributed by atoms with Crippen LogP contribution in [0.5, 0.6) is 0 Å². The molecule has 0 spiro atoms. The lowest BCUT2D eigenvalue weighted by atomic mass is 10.1. The third-order valence-electron chi connectivity index (χ3n) is 3.64. The maximum Gasteiger partial charge on any atom is 0.255 e. The van der Waals surface area contributed by atoms with Gasteiger partial charge in [0.2, 0.25) is 5.56 Å². The van der Waals surface area contributed by atoms with Crippen molar-refractivity contribution in [2.45, 2.75) is 20.3 Å². The van der Waals surface area contributed by atoms with Gasteiger partial charge in [-0.25, -0.2) is 0 Å². The quantitative estimate of drug-likeness (QED) is 0.781. The predicted molar refractivity (Wildman–Crippen MR) is 90.9 cm³/mol. The van der Waals surface area contributed by atoms with E-state index in [-0.39, 0.29) is 11.5 Å². The Morgan fingerprint density at radius 2 is 2.09 bits per heavy atom. The minimum atomic E-state index is -0.316. The summed E-state index contributed by atoms with van der Waals surface area (Å²) in [7, 11) is 0. The van der Waals surface area contributed by atoms with Gasteiger partial charge in [-0.2, -0.15) is 0 Å². The first kappa shape index (κ1) is 15.0. The Balaban J connectivity index is 2.01. The number of nitrogens with zero attached hydrogens (tertiary/aromatic N) is 1. The molecule has 0 aliphatic carbocycles. The normalized spacial score (nSPS) is 10.7. The van der Waals surface area contributed by atoms with Crippen LogP contribution in [-0.4, -0.2) is 15.9 Å². The zero-order valence-corrected chi connectivity index (χ0v) is 13.0. The summed E-state index contributed by atoms with van der Waals surface area (Å²) in [6, 6.07) is 10.7. The zero-order chi connectivity index (χ0) is 16.4. The number of hydrogen-bond acceptors (Lipinski definition) is 3. The van der Waals surface area contributed by atoms with Crippen molar-refractivity contribution < 1.29 is 4.79 Å². The highest BCUT2D eigenvalue weighted by molar-refractivity contribution is 6.08. The number of H-pyrrole nitrogens is 1. The number of aryl methyl sites for hydroxylation is 2. The molecular weight excluding hydrogens is 290 g/mol. The minimum absolute atomic E-state index is 0.276. The Kier molecular flexibility index (Phi) is 3.93. The summed E-state index contributed by atoms with van der Waals surface area (Å²) in [5.41, 5.74) is 3.20. The highest BCUT2D eigenvalue weighted by Gasteiger charge is 2.11. The lowest BCUT2D eigenvalue weighted by Gasteiger charge is -2.10. The smallest absolute Gasteiger partial charge is 0.255 e. The molecule has 0 aliphatic heterocycles. The summed E-state index contributed by atoms with van der Waals surface area (Å²) in [5.74, 6) is -0.316. The van der Waals surface area contributed by atoms with Crippen molar-refractivity contribution in [1.82, 2.24) is 9.97 Å². The molecule has 1 amide bonds. The van der Waals surface area contributed by atoms with Crippen LogP contribution in [0.15, 0.2) is 47.4 Å². The lowest BCUT2D eigenvalue weighted by molar-refractivity contribution is 0.102. The Morgan fingerprint density at radius 3 is 2.87 bits per heavy atom. The maximum absolute atomic E-state index is 12.5. The molecule has 5 nitrogen and oxygen atoms in total. The van der Waals surface area contributed by atoms with Gasteiger partial charge in [-0.05, 0) is 43.2 Å². The molecular formula is C18H17N3O2. The third kappa shape index (κ3) is 3.13. The average molecular weight is 307 g/mol. The second-order valence-electron chi connectivity index (χ2n) is 5.45. The van der Waals surface area contributed by atoms with E-state index in [4.69, 9.17) is 0 Å². The van der Waals surface area contributed by atoms with Gasteiger partial charge in [0.05, 0.1) is 11.2 Å². The summed E-state index contributed by atoms with van der Waals surface area (Å²) in [4.78, 5) is 31.2. The molecule has 0 fully saturated rings. The molecule has 23 heavy (non-hydrogen) atoms. The van der Waals surface area contributed by atoms with Crippen LogP contribution in [0, 0.1) is 6.92 Å². The molecule has 0 radical (unpaired) electrons. The van der Waals surface area contributed by atoms with Gasteiger partial charge in [-0.3, -0.25) is 14.6 Å². The van der Waals surface area contributed by atoms with E-state index in [9.17, 15) is 9.59 Å². The maximum atomic E-state index is 12.5. The highest BCUT2D eigenvalue weighted by atomic mass is 16.2. The number of benzene rings is 1. The molecule has 3 aromatic rings. The Bertz CT molecular complexity index is 944. The standard InChI is InChI=1S/C18H17N3O2/c1-3-14-9-13(10-16(22)20-14)18(23)21-15-8-11(2)7-12-5-4-6-19-17(12)15/h4-10H,3H2,1-2H3,(H,20,22)(H,21,23). The number of nitrogens with one attached hydrogen (secondary N) is 2. The van der Waals surface area contributed by atoms with Gasteiger partial charge < -0.3 is 10.3 Å². The van der Waals surface area contributed by atoms with E-state index in [1.807, 2.05) is 38.1 Å². The zero-order valence-electron chi connectivity index (χ0n) is 13.0. The monoisotopic (exact) mass is 307 g/mol. The molecule has 0 atom stereocenters. The topological polar surface area (TPSA) is 74.8 Å². The van der Waals surface area contributed by atoms with E-state index in [0.717, 1.165) is 22.2 Å². The van der Waals surface area contributed by atoms with Gasteiger partial charge in [0.15, 0.2) is 0 Å². The highest BCUT2D eigenvalue weighted by Crippen LogP contribution is 2.23. The molecule has 2 N–H and O–H groups in total. The molecule has 5 heteroatoms. The van der Waals surface area contributed by atoms with Gasteiger partial charge in [-0.15, -0.1) is 0 Å². The fourth-order valence-electron chi connectivity index (χ4n) is 2.55. The van der Waals surface area contributed by atoms with Crippen LogP contribution >= 0.6 is 0 Å². The van der Waals surface area contributed by atoms with Crippen LogP contribution in [0.2, 0.25) is 0 Å². The number of fused-ring (bicyclic) bond motifs is 1. The van der Waals surface area contributed by atoms with Crippen LogP contribution in [0.3, 0.4) is 0 Å². The van der Waals surface area contributed by atoms with Crippen molar-refractivity contribution >= 4 is 22.5 Å². The second-order valence-corrected chi connectivity index (χ2v) is 5.45. The first-order valence-electron chi connectivity index (χ1n) is 7.47. The van der Waals surface area contributed by atoms with E-state index in [2.05, 4.69) is 15.3 Å². The number of pyridine rings is 2. The van der Waals surface area contributed by atoms with E-state index >= 15 is 0 Å². The fourth-order valence-corrected chi connectivity index (χ4v) is 2.55. The Hall–Kier alpha value is -2.95. The average Bonchev–Trinajstić information content (AvgIpc) is 2.54. The number of carbonyl (C=O) groups is 1. The fraction of sp³-hybridized carbons (Fsp3) is 0.167. The van der Waals surface area contributed by atoms with Crippen molar-refractivity contribution in [3.8, 4) is 0 Å². The molecule has 0 saturated heterocycles. The number of anilines is 1. The van der Waals surface area contributed by atoms with E-state index in [1.165, 1.54) is 6.07 Å². The van der Waals surface area contributed by atoms with Crippen LogP contribution < -0.4 is 10.9 Å². The molecule has 0 unspecified atom stereocenters. The molecule has 0 saturated carbocycles. The van der Waals surface area contributed by atoms with E-state index in [0.29, 0.717) is 17.7 Å². The molecule has 3 rings (SSSR count). The van der Waals surface area contributed by atoms with Gasteiger partial charge in [0.1, 0.15) is 0 Å². The largest absolute Gasteiger partial charge is 0.326 e. The van der Waals surface area contributed by atoms with Crippen molar-refractivity contribution in [1.29, 1.82) is 0 Å². The molecule has 116 valence electrons. The van der Waals surface area contributed by atoms with Gasteiger partial charge >= 0.3 is 0 Å². The number of aromatic nitrogens is 2. The summed E-state index contributed by atoms with van der Waals surface area (Å²) >= 11 is 0. The minimum Gasteiger partial charge on any atom is -0.326 e. The van der Waals surface area contributed by atoms with Gasteiger partial charge in [0.25, 0.3) is 5.91 Å². The van der Waals surface area contributed by atoms with Crippen molar-refractivity contribution in [3.05, 3.63) is 69.8 Å². The number of carbonyl (C=O) groups excluding carboxylic acids is 1. The lowest BCUT2D eigenvalue weighted by Crippen LogP contribution is -2.17. The molecule has 0 bridgehead atoms. The van der Waals surface area contributed by atoms with Crippen molar-refractivity contribution in [2.75, 3.05) is 5.32 Å². The van der Waals surface area contributed by atoms with E-state index < -0.39 is 0 Å². The first-order valence-corrected chi connectivity index (χ1v) is 7.47. The SMILES string of the molecule is CCc1cc(C(=O)Nc2cc(C)cc3cccnc23)cc(=O)[nH]1. The van der Waals surface area contributed by atoms with Gasteiger partial charge in [0, 0.05) is 28.9 Å². The molecule has 1 aromatic carbocycles. The summed E-state index contributed by atoms with van der Waals surface area (Å²) in [5, 5.41) is 3.83. The number of aromatic amines is 1. The van der Waals surface area contributed by atoms with Crippen LogP contribution in [0.1, 0.15) is 28.5 Å². The predicted octanol–water partition coefficient (Wildman–Crippen LogP) is 3.05. The molecule has 2 heterocycles. The summed E-state index contributed by atoms with van der Waals surface area (Å²) in [6.45, 7) is 3.88. The Morgan fingerprint density at radius 1 is 1.26 bits per heavy atom. The van der Waals surface area contributed by atoms with Crippen molar-refractivity contribution in [2.24, 2.45) is 0 Å². The number of amides is 1. The van der Waals surface area contributed by atoms with Crippen LogP contribution in [-0.2, 0) is 6.42 Å². The summed E-state index contributed by atoms with van der Waals surface area (Å²) in [6.07, 6.45) is 2.35.